The SMILES string of the molecule is COc1ccc(CN2C(=O)N(c3cccc(OC)c3)C(=O)C2CC(=O)Nc2cc(OC)cc(OC)c2)cc1. The summed E-state index contributed by atoms with van der Waals surface area (Å²) in [5.41, 5.74) is 1.58. The van der Waals surface area contributed by atoms with Crippen molar-refractivity contribution in [2.45, 2.75) is 19.0 Å². The topological polar surface area (TPSA) is 107 Å². The van der Waals surface area contributed by atoms with E-state index in [9.17, 15) is 14.4 Å². The second-order valence-electron chi connectivity index (χ2n) is 8.50. The summed E-state index contributed by atoms with van der Waals surface area (Å²) in [6, 6.07) is 17.2. The van der Waals surface area contributed by atoms with Gasteiger partial charge in [-0.25, -0.2) is 9.69 Å². The lowest BCUT2D eigenvalue weighted by Gasteiger charge is -2.22. The second-order valence-corrected chi connectivity index (χ2v) is 8.50. The molecule has 0 bridgehead atoms. The minimum absolute atomic E-state index is 0.125. The van der Waals surface area contributed by atoms with Gasteiger partial charge in [0.1, 0.15) is 29.0 Å². The summed E-state index contributed by atoms with van der Waals surface area (Å²) in [6.07, 6.45) is -0.249. The van der Waals surface area contributed by atoms with E-state index in [1.165, 1.54) is 26.2 Å². The Morgan fingerprint density at radius 3 is 2.03 bits per heavy atom. The zero-order valence-electron chi connectivity index (χ0n) is 21.6. The van der Waals surface area contributed by atoms with E-state index < -0.39 is 23.9 Å². The third-order valence-electron chi connectivity index (χ3n) is 6.16. The van der Waals surface area contributed by atoms with Gasteiger partial charge in [0.15, 0.2) is 0 Å². The fourth-order valence-electron chi connectivity index (χ4n) is 4.20. The molecule has 0 aliphatic carbocycles. The third-order valence-corrected chi connectivity index (χ3v) is 6.16. The van der Waals surface area contributed by atoms with Crippen LogP contribution in [-0.4, -0.2) is 57.2 Å². The maximum absolute atomic E-state index is 13.6. The number of hydrogen-bond acceptors (Lipinski definition) is 7. The number of rotatable bonds is 10. The summed E-state index contributed by atoms with van der Waals surface area (Å²) < 4.78 is 21.0. The predicted octanol–water partition coefficient (Wildman–Crippen LogP) is 4.09. The maximum atomic E-state index is 13.6. The van der Waals surface area contributed by atoms with Crippen molar-refractivity contribution in [1.29, 1.82) is 0 Å². The van der Waals surface area contributed by atoms with E-state index in [2.05, 4.69) is 5.32 Å². The van der Waals surface area contributed by atoms with Crippen molar-refractivity contribution in [2.24, 2.45) is 0 Å². The lowest BCUT2D eigenvalue weighted by atomic mass is 10.1. The largest absolute Gasteiger partial charge is 0.497 e. The highest BCUT2D eigenvalue weighted by atomic mass is 16.5. The molecule has 1 aliphatic rings. The average molecular weight is 520 g/mol. The van der Waals surface area contributed by atoms with Crippen molar-refractivity contribution in [2.75, 3.05) is 38.7 Å². The minimum Gasteiger partial charge on any atom is -0.497 e. The van der Waals surface area contributed by atoms with Gasteiger partial charge in [-0.3, -0.25) is 9.59 Å². The summed E-state index contributed by atoms with van der Waals surface area (Å²) in [5.74, 6) is 1.21. The van der Waals surface area contributed by atoms with Gasteiger partial charge >= 0.3 is 6.03 Å². The number of nitrogens with zero attached hydrogens (tertiary/aromatic N) is 2. The molecule has 1 atom stereocenters. The number of anilines is 2. The molecular formula is C28H29N3O7. The lowest BCUT2D eigenvalue weighted by Crippen LogP contribution is -2.37. The van der Waals surface area contributed by atoms with E-state index in [4.69, 9.17) is 18.9 Å². The van der Waals surface area contributed by atoms with Crippen LogP contribution in [0.2, 0.25) is 0 Å². The molecule has 4 rings (SSSR count). The monoisotopic (exact) mass is 519 g/mol. The number of ether oxygens (including phenoxy) is 4. The number of carbonyl (C=O) groups is 3. The van der Waals surface area contributed by atoms with Gasteiger partial charge in [-0.05, 0) is 29.8 Å². The number of amides is 4. The summed E-state index contributed by atoms with van der Waals surface area (Å²) in [7, 11) is 6.08. The first-order valence-corrected chi connectivity index (χ1v) is 11.8. The molecule has 3 aromatic rings. The zero-order chi connectivity index (χ0) is 27.2. The lowest BCUT2D eigenvalue weighted by molar-refractivity contribution is -0.124. The van der Waals surface area contributed by atoms with Crippen LogP contribution in [0.4, 0.5) is 16.2 Å². The Bertz CT molecular complexity index is 1300. The van der Waals surface area contributed by atoms with Crippen LogP contribution in [-0.2, 0) is 16.1 Å². The van der Waals surface area contributed by atoms with Gasteiger partial charge < -0.3 is 29.2 Å². The molecular weight excluding hydrogens is 490 g/mol. The van der Waals surface area contributed by atoms with Crippen LogP contribution in [0.3, 0.4) is 0 Å². The van der Waals surface area contributed by atoms with E-state index in [0.29, 0.717) is 34.4 Å². The Labute approximate surface area is 220 Å². The van der Waals surface area contributed by atoms with Gasteiger partial charge in [0.2, 0.25) is 5.91 Å². The number of imide groups is 1. The number of carbonyl (C=O) groups excluding carboxylic acids is 3. The number of urea groups is 1. The molecule has 0 aromatic heterocycles. The quantitative estimate of drug-likeness (QED) is 0.402. The number of methoxy groups -OCH3 is 4. The first-order valence-electron chi connectivity index (χ1n) is 11.8. The van der Waals surface area contributed by atoms with Gasteiger partial charge in [-0.15, -0.1) is 0 Å². The van der Waals surface area contributed by atoms with Gasteiger partial charge in [0.25, 0.3) is 5.91 Å². The Balaban J connectivity index is 1.61. The molecule has 38 heavy (non-hydrogen) atoms. The highest BCUT2D eigenvalue weighted by Crippen LogP contribution is 2.31. The molecule has 1 heterocycles. The third kappa shape index (κ3) is 5.64. The Hall–Kier alpha value is -4.73. The molecule has 1 aliphatic heterocycles. The second kappa shape index (κ2) is 11.5. The molecule has 0 radical (unpaired) electrons. The van der Waals surface area contributed by atoms with Crippen molar-refractivity contribution in [3.63, 3.8) is 0 Å². The van der Waals surface area contributed by atoms with Gasteiger partial charge in [-0.2, -0.15) is 0 Å². The molecule has 4 amide bonds. The van der Waals surface area contributed by atoms with Crippen molar-refractivity contribution in [3.8, 4) is 23.0 Å². The molecule has 3 aromatic carbocycles. The molecule has 1 saturated heterocycles. The van der Waals surface area contributed by atoms with E-state index in [-0.39, 0.29) is 13.0 Å². The summed E-state index contributed by atoms with van der Waals surface area (Å²) >= 11 is 0. The van der Waals surface area contributed by atoms with Crippen LogP contribution in [0.5, 0.6) is 23.0 Å². The van der Waals surface area contributed by atoms with Crippen molar-refractivity contribution < 1.29 is 33.3 Å². The van der Waals surface area contributed by atoms with Gasteiger partial charge in [0.05, 0.1) is 40.5 Å². The first kappa shape index (κ1) is 26.3. The highest BCUT2D eigenvalue weighted by Gasteiger charge is 2.46. The zero-order valence-corrected chi connectivity index (χ0v) is 21.6. The number of benzene rings is 3. The Morgan fingerprint density at radius 1 is 0.789 bits per heavy atom. The summed E-state index contributed by atoms with van der Waals surface area (Å²) in [5, 5.41) is 2.78. The van der Waals surface area contributed by atoms with Gasteiger partial charge in [0, 0.05) is 36.5 Å². The normalized spacial score (nSPS) is 14.9. The molecule has 0 saturated carbocycles. The van der Waals surface area contributed by atoms with Crippen LogP contribution < -0.4 is 29.2 Å². The summed E-state index contributed by atoms with van der Waals surface area (Å²) in [4.78, 5) is 42.7. The Morgan fingerprint density at radius 2 is 1.42 bits per heavy atom. The standard InChI is InChI=1S/C28H29N3O7/c1-35-21-10-8-18(9-11-21)17-30-25(16-26(32)29-19-12-23(37-3)15-24(13-19)38-4)27(33)31(28(30)34)20-6-5-7-22(14-20)36-2/h5-15,25H,16-17H2,1-4H3,(H,29,32). The average Bonchev–Trinajstić information content (AvgIpc) is 3.16. The van der Waals surface area contributed by atoms with E-state index >= 15 is 0 Å². The Kier molecular flexibility index (Phi) is 8.00. The smallest absolute Gasteiger partial charge is 0.332 e. The van der Waals surface area contributed by atoms with Crippen molar-refractivity contribution in [1.82, 2.24) is 4.90 Å². The molecule has 1 N–H and O–H groups in total. The van der Waals surface area contributed by atoms with E-state index in [1.807, 2.05) is 12.1 Å². The number of nitrogens with one attached hydrogen (secondary N) is 1. The van der Waals surface area contributed by atoms with Crippen molar-refractivity contribution in [3.05, 3.63) is 72.3 Å². The summed E-state index contributed by atoms with van der Waals surface area (Å²) in [6.45, 7) is 0.125. The van der Waals surface area contributed by atoms with Crippen LogP contribution in [0, 0.1) is 0 Å². The minimum atomic E-state index is -1.02. The van der Waals surface area contributed by atoms with Crippen LogP contribution in [0.25, 0.3) is 0 Å². The fourth-order valence-corrected chi connectivity index (χ4v) is 4.20. The van der Waals surface area contributed by atoms with E-state index in [0.717, 1.165) is 10.5 Å². The van der Waals surface area contributed by atoms with Gasteiger partial charge in [-0.1, -0.05) is 18.2 Å². The van der Waals surface area contributed by atoms with Crippen LogP contribution in [0.1, 0.15) is 12.0 Å². The molecule has 0 spiro atoms. The number of hydrogen-bond donors (Lipinski definition) is 1. The molecule has 1 unspecified atom stereocenters. The molecule has 10 nitrogen and oxygen atoms in total. The fraction of sp³-hybridized carbons (Fsp3) is 0.250. The molecule has 1 fully saturated rings. The first-order chi connectivity index (χ1) is 18.4. The van der Waals surface area contributed by atoms with Crippen LogP contribution in [0.15, 0.2) is 66.7 Å². The predicted molar refractivity (Wildman–Crippen MR) is 141 cm³/mol. The molecule has 10 heteroatoms. The van der Waals surface area contributed by atoms with E-state index in [1.54, 1.807) is 61.7 Å². The molecule has 198 valence electrons. The van der Waals surface area contributed by atoms with Crippen LogP contribution >= 0.6 is 0 Å². The van der Waals surface area contributed by atoms with Crippen molar-refractivity contribution >= 4 is 29.2 Å². The maximum Gasteiger partial charge on any atom is 0.332 e. The highest BCUT2D eigenvalue weighted by molar-refractivity contribution is 6.22.